The Bertz CT molecular complexity index is 581. The van der Waals surface area contributed by atoms with Gasteiger partial charge in [0, 0.05) is 21.9 Å². The number of aryl methyl sites for hydroxylation is 1. The third-order valence-corrected chi connectivity index (χ3v) is 3.75. The highest BCUT2D eigenvalue weighted by Crippen LogP contribution is 2.30. The van der Waals surface area contributed by atoms with Crippen LogP contribution in [0.3, 0.4) is 0 Å². The van der Waals surface area contributed by atoms with Crippen molar-refractivity contribution < 1.29 is 4.39 Å². The van der Waals surface area contributed by atoms with E-state index >= 15 is 0 Å². The van der Waals surface area contributed by atoms with E-state index in [1.165, 1.54) is 12.1 Å². The van der Waals surface area contributed by atoms with Gasteiger partial charge in [-0.15, -0.1) is 0 Å². The van der Waals surface area contributed by atoms with Gasteiger partial charge in [-0.1, -0.05) is 12.1 Å². The Hall–Kier alpha value is -1.55. The van der Waals surface area contributed by atoms with Crippen molar-refractivity contribution in [1.29, 1.82) is 0 Å². The van der Waals surface area contributed by atoms with Crippen LogP contribution in [-0.4, -0.2) is 0 Å². The molecule has 4 heteroatoms. The van der Waals surface area contributed by atoms with E-state index < -0.39 is 0 Å². The molecule has 0 amide bonds. The molecule has 2 aromatic rings. The number of hydrogen-bond donors (Lipinski definition) is 2. The van der Waals surface area contributed by atoms with Gasteiger partial charge in [-0.2, -0.15) is 0 Å². The molecule has 1 unspecified atom stereocenters. The molecule has 0 bridgehead atoms. The molecule has 1 atom stereocenters. The number of anilines is 2. The molecule has 2 nitrogen and oxygen atoms in total. The zero-order valence-corrected chi connectivity index (χ0v) is 12.5. The maximum atomic E-state index is 12.9. The second kappa shape index (κ2) is 5.61. The molecule has 0 aliphatic carbocycles. The third-order valence-electron chi connectivity index (χ3n) is 3.10. The van der Waals surface area contributed by atoms with Crippen LogP contribution in [0, 0.1) is 12.7 Å². The largest absolute Gasteiger partial charge is 0.398 e. The lowest BCUT2D eigenvalue weighted by Gasteiger charge is -2.18. The van der Waals surface area contributed by atoms with Gasteiger partial charge < -0.3 is 11.1 Å². The zero-order chi connectivity index (χ0) is 14.0. The van der Waals surface area contributed by atoms with Crippen LogP contribution in [0.25, 0.3) is 0 Å². The van der Waals surface area contributed by atoms with Gasteiger partial charge in [-0.05, 0) is 65.2 Å². The van der Waals surface area contributed by atoms with E-state index in [0.29, 0.717) is 0 Å². The molecule has 0 aliphatic heterocycles. The predicted octanol–water partition coefficient (Wildman–Crippen LogP) is 4.65. The fraction of sp³-hybridized carbons (Fsp3) is 0.200. The number of rotatable bonds is 3. The number of nitrogen functional groups attached to an aromatic ring is 1. The summed E-state index contributed by atoms with van der Waals surface area (Å²) in [6.07, 6.45) is 0. The highest BCUT2D eigenvalue weighted by atomic mass is 79.9. The third kappa shape index (κ3) is 3.26. The molecule has 0 saturated heterocycles. The summed E-state index contributed by atoms with van der Waals surface area (Å²) in [4.78, 5) is 0. The SMILES string of the molecule is Cc1cc(NC(C)c2ccc(F)cc2)c(Br)cc1N. The second-order valence-electron chi connectivity index (χ2n) is 4.61. The van der Waals surface area contributed by atoms with Crippen molar-refractivity contribution in [3.63, 3.8) is 0 Å². The summed E-state index contributed by atoms with van der Waals surface area (Å²) in [5.74, 6) is -0.222. The average molecular weight is 323 g/mol. The van der Waals surface area contributed by atoms with Crippen LogP contribution in [0.1, 0.15) is 24.1 Å². The van der Waals surface area contributed by atoms with E-state index in [1.807, 2.05) is 26.0 Å². The van der Waals surface area contributed by atoms with Gasteiger partial charge in [0.25, 0.3) is 0 Å². The zero-order valence-electron chi connectivity index (χ0n) is 10.9. The summed E-state index contributed by atoms with van der Waals surface area (Å²) >= 11 is 3.49. The highest BCUT2D eigenvalue weighted by Gasteiger charge is 2.09. The molecule has 0 aromatic heterocycles. The molecule has 0 saturated carbocycles. The van der Waals surface area contributed by atoms with Gasteiger partial charge in [0.05, 0.1) is 0 Å². The Kier molecular flexibility index (Phi) is 4.10. The topological polar surface area (TPSA) is 38.0 Å². The van der Waals surface area contributed by atoms with Crippen molar-refractivity contribution in [3.8, 4) is 0 Å². The predicted molar refractivity (Wildman–Crippen MR) is 81.7 cm³/mol. The number of hydrogen-bond acceptors (Lipinski definition) is 2. The lowest BCUT2D eigenvalue weighted by Crippen LogP contribution is -2.07. The standard InChI is InChI=1S/C15H16BrFN2/c1-9-7-15(13(16)8-14(9)18)19-10(2)11-3-5-12(17)6-4-11/h3-8,10,19H,18H2,1-2H3. The fourth-order valence-electron chi connectivity index (χ4n) is 1.88. The number of benzene rings is 2. The van der Waals surface area contributed by atoms with Gasteiger partial charge in [0.2, 0.25) is 0 Å². The minimum absolute atomic E-state index is 0.0833. The summed E-state index contributed by atoms with van der Waals surface area (Å²) < 4.78 is 13.8. The van der Waals surface area contributed by atoms with Crippen molar-refractivity contribution in [2.75, 3.05) is 11.1 Å². The first kappa shape index (κ1) is 13.9. The van der Waals surface area contributed by atoms with Gasteiger partial charge >= 0.3 is 0 Å². The van der Waals surface area contributed by atoms with E-state index in [2.05, 4.69) is 21.2 Å². The average Bonchev–Trinajstić information content (AvgIpc) is 2.36. The summed E-state index contributed by atoms with van der Waals surface area (Å²) in [5.41, 5.74) is 9.64. The number of nitrogens with one attached hydrogen (secondary N) is 1. The summed E-state index contributed by atoms with van der Waals surface area (Å²) in [5, 5.41) is 3.39. The molecule has 19 heavy (non-hydrogen) atoms. The van der Waals surface area contributed by atoms with E-state index in [4.69, 9.17) is 5.73 Å². The van der Waals surface area contributed by atoms with Gasteiger partial charge in [-0.3, -0.25) is 0 Å². The Balaban J connectivity index is 2.21. The normalized spacial score (nSPS) is 12.2. The fourth-order valence-corrected chi connectivity index (χ4v) is 2.35. The summed E-state index contributed by atoms with van der Waals surface area (Å²) in [6.45, 7) is 4.00. The van der Waals surface area contributed by atoms with Crippen LogP contribution in [-0.2, 0) is 0 Å². The van der Waals surface area contributed by atoms with Crippen molar-refractivity contribution in [3.05, 3.63) is 57.8 Å². The molecule has 0 radical (unpaired) electrons. The maximum Gasteiger partial charge on any atom is 0.123 e. The Morgan fingerprint density at radius 1 is 1.21 bits per heavy atom. The van der Waals surface area contributed by atoms with Crippen molar-refractivity contribution in [1.82, 2.24) is 0 Å². The molecule has 0 aliphatic rings. The summed E-state index contributed by atoms with van der Waals surface area (Å²) in [7, 11) is 0. The lowest BCUT2D eigenvalue weighted by atomic mass is 10.1. The monoisotopic (exact) mass is 322 g/mol. The molecule has 100 valence electrons. The first-order chi connectivity index (χ1) is 8.97. The molecule has 0 heterocycles. The molecule has 0 fully saturated rings. The van der Waals surface area contributed by atoms with Crippen LogP contribution in [0.4, 0.5) is 15.8 Å². The van der Waals surface area contributed by atoms with E-state index in [1.54, 1.807) is 12.1 Å². The minimum Gasteiger partial charge on any atom is -0.398 e. The van der Waals surface area contributed by atoms with Crippen LogP contribution in [0.15, 0.2) is 40.9 Å². The van der Waals surface area contributed by atoms with Crippen molar-refractivity contribution in [2.24, 2.45) is 0 Å². The molecule has 0 spiro atoms. The van der Waals surface area contributed by atoms with Crippen LogP contribution >= 0.6 is 15.9 Å². The molecular weight excluding hydrogens is 307 g/mol. The molecular formula is C15H16BrFN2. The lowest BCUT2D eigenvalue weighted by molar-refractivity contribution is 0.626. The maximum absolute atomic E-state index is 12.9. The quantitative estimate of drug-likeness (QED) is 0.807. The van der Waals surface area contributed by atoms with Crippen LogP contribution in [0.2, 0.25) is 0 Å². The van der Waals surface area contributed by atoms with E-state index in [-0.39, 0.29) is 11.9 Å². The van der Waals surface area contributed by atoms with Crippen molar-refractivity contribution in [2.45, 2.75) is 19.9 Å². The van der Waals surface area contributed by atoms with Gasteiger partial charge in [-0.25, -0.2) is 4.39 Å². The smallest absolute Gasteiger partial charge is 0.123 e. The number of halogens is 2. The Labute approximate surface area is 121 Å². The van der Waals surface area contributed by atoms with Crippen LogP contribution in [0.5, 0.6) is 0 Å². The van der Waals surface area contributed by atoms with E-state index in [9.17, 15) is 4.39 Å². The summed E-state index contributed by atoms with van der Waals surface area (Å²) in [6, 6.07) is 10.5. The van der Waals surface area contributed by atoms with Gasteiger partial charge in [0.1, 0.15) is 5.82 Å². The molecule has 2 aromatic carbocycles. The van der Waals surface area contributed by atoms with Crippen LogP contribution < -0.4 is 11.1 Å². The first-order valence-electron chi connectivity index (χ1n) is 6.05. The minimum atomic E-state index is -0.222. The number of nitrogens with two attached hydrogens (primary N) is 1. The Morgan fingerprint density at radius 3 is 2.47 bits per heavy atom. The van der Waals surface area contributed by atoms with E-state index in [0.717, 1.165) is 27.0 Å². The Morgan fingerprint density at radius 2 is 1.84 bits per heavy atom. The van der Waals surface area contributed by atoms with Gasteiger partial charge in [0.15, 0.2) is 0 Å². The molecule has 2 rings (SSSR count). The second-order valence-corrected chi connectivity index (χ2v) is 5.46. The first-order valence-corrected chi connectivity index (χ1v) is 6.84. The molecule has 3 N–H and O–H groups in total. The highest BCUT2D eigenvalue weighted by molar-refractivity contribution is 9.10. The van der Waals surface area contributed by atoms with Crippen molar-refractivity contribution >= 4 is 27.3 Å².